The Kier molecular flexibility index (Phi) is 6.88. The van der Waals surface area contributed by atoms with E-state index in [9.17, 15) is 4.79 Å². The van der Waals surface area contributed by atoms with Crippen LogP contribution >= 0.6 is 0 Å². The zero-order valence-electron chi connectivity index (χ0n) is 18.1. The van der Waals surface area contributed by atoms with Crippen molar-refractivity contribution in [2.75, 3.05) is 49.5 Å². The van der Waals surface area contributed by atoms with Gasteiger partial charge in [-0.1, -0.05) is 13.8 Å². The summed E-state index contributed by atoms with van der Waals surface area (Å²) < 4.78 is 5.22. The Hall–Kier alpha value is -2.85. The van der Waals surface area contributed by atoms with Crippen molar-refractivity contribution in [3.05, 3.63) is 36.0 Å². The number of hydrogen-bond acceptors (Lipinski definition) is 9. The number of hydrogen-bond donors (Lipinski definition) is 2. The minimum atomic E-state index is -0.360. The molecule has 2 N–H and O–H groups in total. The summed E-state index contributed by atoms with van der Waals surface area (Å²) in [6.45, 7) is 10.0. The van der Waals surface area contributed by atoms with Crippen molar-refractivity contribution in [2.45, 2.75) is 32.9 Å². The molecule has 4 rings (SSSR count). The van der Waals surface area contributed by atoms with Crippen LogP contribution in [0.3, 0.4) is 0 Å². The third kappa shape index (κ3) is 5.45. The van der Waals surface area contributed by atoms with Gasteiger partial charge in [0.15, 0.2) is 0 Å². The fraction of sp³-hybridized carbons (Fsp3) is 0.571. The number of aromatic nitrogens is 4. The van der Waals surface area contributed by atoms with E-state index in [1.54, 1.807) is 17.2 Å². The first-order valence-electron chi connectivity index (χ1n) is 10.9. The SMILES string of the molecule is CC(C)[C@H]1COC(=O)N1c1ccnc(NCCc2cnc(CN3CCNCC3)nc2)n1. The van der Waals surface area contributed by atoms with Crippen LogP contribution in [-0.4, -0.2) is 76.3 Å². The van der Waals surface area contributed by atoms with Crippen LogP contribution in [0.5, 0.6) is 0 Å². The summed E-state index contributed by atoms with van der Waals surface area (Å²) in [5.41, 5.74) is 1.05. The lowest BCUT2D eigenvalue weighted by Gasteiger charge is -2.26. The molecule has 1 amide bonds. The Morgan fingerprint density at radius 1 is 1.23 bits per heavy atom. The van der Waals surface area contributed by atoms with Gasteiger partial charge in [-0.2, -0.15) is 4.98 Å². The third-order valence-electron chi connectivity index (χ3n) is 5.59. The molecule has 1 atom stereocenters. The Balaban J connectivity index is 1.30. The monoisotopic (exact) mass is 426 g/mol. The molecule has 0 bridgehead atoms. The zero-order valence-corrected chi connectivity index (χ0v) is 18.1. The molecule has 31 heavy (non-hydrogen) atoms. The van der Waals surface area contributed by atoms with E-state index in [-0.39, 0.29) is 18.1 Å². The number of nitrogens with zero attached hydrogens (tertiary/aromatic N) is 6. The van der Waals surface area contributed by atoms with Crippen LogP contribution in [0.15, 0.2) is 24.7 Å². The van der Waals surface area contributed by atoms with Crippen LogP contribution in [0.4, 0.5) is 16.6 Å². The van der Waals surface area contributed by atoms with Crippen molar-refractivity contribution in [2.24, 2.45) is 5.92 Å². The molecule has 0 saturated carbocycles. The lowest BCUT2D eigenvalue weighted by molar-refractivity contribution is 0.177. The molecule has 2 aromatic heterocycles. The Morgan fingerprint density at radius 3 is 2.74 bits per heavy atom. The molecule has 0 radical (unpaired) electrons. The molecule has 0 spiro atoms. The maximum atomic E-state index is 12.2. The van der Waals surface area contributed by atoms with Crippen LogP contribution in [0.2, 0.25) is 0 Å². The molecule has 166 valence electrons. The van der Waals surface area contributed by atoms with Gasteiger partial charge in [-0.05, 0) is 24.0 Å². The summed E-state index contributed by atoms with van der Waals surface area (Å²) in [5, 5.41) is 6.57. The van der Waals surface area contributed by atoms with Gasteiger partial charge in [-0.25, -0.2) is 19.7 Å². The molecule has 2 aliphatic rings. The second-order valence-electron chi connectivity index (χ2n) is 8.21. The van der Waals surface area contributed by atoms with E-state index in [4.69, 9.17) is 4.74 Å². The summed E-state index contributed by atoms with van der Waals surface area (Å²) in [6, 6.07) is 1.71. The van der Waals surface area contributed by atoms with Gasteiger partial charge in [-0.15, -0.1) is 0 Å². The second kappa shape index (κ2) is 9.97. The van der Waals surface area contributed by atoms with E-state index in [2.05, 4.69) is 49.3 Å². The number of ether oxygens (including phenoxy) is 1. The molecular weight excluding hydrogens is 396 g/mol. The molecule has 10 nitrogen and oxygen atoms in total. The second-order valence-corrected chi connectivity index (χ2v) is 8.21. The molecule has 2 saturated heterocycles. The molecule has 2 aliphatic heterocycles. The van der Waals surface area contributed by atoms with Gasteiger partial charge < -0.3 is 15.4 Å². The first-order chi connectivity index (χ1) is 15.1. The average molecular weight is 427 g/mol. The van der Waals surface area contributed by atoms with E-state index >= 15 is 0 Å². The minimum absolute atomic E-state index is 0.0212. The van der Waals surface area contributed by atoms with Crippen LogP contribution in [0, 0.1) is 5.92 Å². The van der Waals surface area contributed by atoms with E-state index in [0.717, 1.165) is 50.5 Å². The smallest absolute Gasteiger partial charge is 0.415 e. The summed E-state index contributed by atoms with van der Waals surface area (Å²) in [7, 11) is 0. The summed E-state index contributed by atoms with van der Waals surface area (Å²) >= 11 is 0. The van der Waals surface area contributed by atoms with Crippen molar-refractivity contribution in [3.63, 3.8) is 0 Å². The maximum Gasteiger partial charge on any atom is 0.415 e. The number of nitrogens with one attached hydrogen (secondary N) is 2. The summed E-state index contributed by atoms with van der Waals surface area (Å²) in [5.74, 6) is 2.16. The van der Waals surface area contributed by atoms with Gasteiger partial charge in [-0.3, -0.25) is 9.80 Å². The molecular formula is C21H30N8O2. The largest absolute Gasteiger partial charge is 0.447 e. The quantitative estimate of drug-likeness (QED) is 0.646. The molecule has 0 unspecified atom stereocenters. The fourth-order valence-corrected chi connectivity index (χ4v) is 3.74. The van der Waals surface area contributed by atoms with E-state index in [0.29, 0.717) is 24.9 Å². The molecule has 4 heterocycles. The third-order valence-corrected chi connectivity index (χ3v) is 5.59. The van der Waals surface area contributed by atoms with Gasteiger partial charge in [0.25, 0.3) is 0 Å². The summed E-state index contributed by atoms with van der Waals surface area (Å²) in [6.07, 6.45) is 5.82. The number of amides is 1. The van der Waals surface area contributed by atoms with Crippen molar-refractivity contribution >= 4 is 17.9 Å². The standard InChI is InChI=1S/C21H30N8O2/c1-15(2)17-14-31-21(30)29(17)19-4-6-24-20(27-19)23-5-3-16-11-25-18(26-12-16)13-28-9-7-22-8-10-28/h4,6,11-12,15,17,22H,3,5,7-10,13-14H2,1-2H3,(H,23,24,27)/t17-/m1/s1. The van der Waals surface area contributed by atoms with Crippen LogP contribution in [0.25, 0.3) is 0 Å². The number of carbonyl (C=O) groups excluding carboxylic acids is 1. The van der Waals surface area contributed by atoms with E-state index < -0.39 is 0 Å². The Morgan fingerprint density at radius 2 is 2.00 bits per heavy atom. The highest BCUT2D eigenvalue weighted by Crippen LogP contribution is 2.25. The zero-order chi connectivity index (χ0) is 21.6. The average Bonchev–Trinajstić information content (AvgIpc) is 3.18. The van der Waals surface area contributed by atoms with Gasteiger partial charge >= 0.3 is 6.09 Å². The highest BCUT2D eigenvalue weighted by Gasteiger charge is 2.37. The topological polar surface area (TPSA) is 108 Å². The molecule has 0 aliphatic carbocycles. The van der Waals surface area contributed by atoms with Gasteiger partial charge in [0, 0.05) is 51.3 Å². The lowest BCUT2D eigenvalue weighted by atomic mass is 10.0. The number of rotatable bonds is 8. The molecule has 2 fully saturated rings. The minimum Gasteiger partial charge on any atom is -0.447 e. The number of carbonyl (C=O) groups is 1. The Bertz CT molecular complexity index is 870. The molecule has 10 heteroatoms. The molecule has 0 aromatic carbocycles. The van der Waals surface area contributed by atoms with E-state index in [1.165, 1.54) is 0 Å². The predicted octanol–water partition coefficient (Wildman–Crippen LogP) is 1.31. The highest BCUT2D eigenvalue weighted by atomic mass is 16.6. The van der Waals surface area contributed by atoms with Crippen LogP contribution < -0.4 is 15.5 Å². The van der Waals surface area contributed by atoms with Crippen molar-refractivity contribution in [1.82, 2.24) is 30.2 Å². The first-order valence-corrected chi connectivity index (χ1v) is 10.9. The van der Waals surface area contributed by atoms with Crippen molar-refractivity contribution in [3.8, 4) is 0 Å². The van der Waals surface area contributed by atoms with Crippen LogP contribution in [0.1, 0.15) is 25.2 Å². The number of anilines is 2. The van der Waals surface area contributed by atoms with Gasteiger partial charge in [0.2, 0.25) is 5.95 Å². The lowest BCUT2D eigenvalue weighted by Crippen LogP contribution is -2.43. The van der Waals surface area contributed by atoms with E-state index in [1.807, 2.05) is 12.4 Å². The predicted molar refractivity (Wildman–Crippen MR) is 117 cm³/mol. The number of piperazine rings is 1. The van der Waals surface area contributed by atoms with Gasteiger partial charge in [0.05, 0.1) is 12.6 Å². The molecule has 2 aromatic rings. The normalized spacial score (nSPS) is 19.6. The van der Waals surface area contributed by atoms with Gasteiger partial charge in [0.1, 0.15) is 18.2 Å². The first kappa shape index (κ1) is 21.4. The van der Waals surface area contributed by atoms with Crippen molar-refractivity contribution in [1.29, 1.82) is 0 Å². The highest BCUT2D eigenvalue weighted by molar-refractivity contribution is 5.89. The van der Waals surface area contributed by atoms with Crippen molar-refractivity contribution < 1.29 is 9.53 Å². The number of cyclic esters (lactones) is 1. The maximum absolute atomic E-state index is 12.2. The fourth-order valence-electron chi connectivity index (χ4n) is 3.74. The Labute approximate surface area is 182 Å². The van der Waals surface area contributed by atoms with Crippen LogP contribution in [-0.2, 0) is 17.7 Å². The summed E-state index contributed by atoms with van der Waals surface area (Å²) in [4.78, 5) is 33.9.